The minimum atomic E-state index is -0.525. The quantitative estimate of drug-likeness (QED) is 0.769. The van der Waals surface area contributed by atoms with E-state index in [1.54, 1.807) is 0 Å². The molecule has 2 amide bonds. The van der Waals surface area contributed by atoms with Crippen LogP contribution in [-0.2, 0) is 9.63 Å². The van der Waals surface area contributed by atoms with Crippen molar-refractivity contribution in [2.75, 3.05) is 19.7 Å². The van der Waals surface area contributed by atoms with E-state index >= 15 is 0 Å². The largest absolute Gasteiger partial charge is 0.505 e. The summed E-state index contributed by atoms with van der Waals surface area (Å²) in [7, 11) is 0. The van der Waals surface area contributed by atoms with E-state index in [2.05, 4.69) is 16.9 Å². The van der Waals surface area contributed by atoms with Crippen LogP contribution in [0.4, 0.5) is 0 Å². The minimum absolute atomic E-state index is 0.0641. The van der Waals surface area contributed by atoms with Crippen molar-refractivity contribution in [1.82, 2.24) is 15.4 Å². The highest BCUT2D eigenvalue weighted by Crippen LogP contribution is 2.12. The van der Waals surface area contributed by atoms with Crippen LogP contribution in [0.2, 0.25) is 0 Å². The molecule has 2 N–H and O–H groups in total. The van der Waals surface area contributed by atoms with Crippen LogP contribution in [0.1, 0.15) is 16.9 Å². The number of pyridine rings is 1. The van der Waals surface area contributed by atoms with Crippen molar-refractivity contribution in [2.24, 2.45) is 0 Å². The maximum absolute atomic E-state index is 11.7. The third-order valence-electron chi connectivity index (χ3n) is 2.70. The van der Waals surface area contributed by atoms with Gasteiger partial charge in [-0.3, -0.25) is 14.4 Å². The summed E-state index contributed by atoms with van der Waals surface area (Å²) >= 11 is 0. The van der Waals surface area contributed by atoms with Gasteiger partial charge in [-0.2, -0.15) is 0 Å². The van der Waals surface area contributed by atoms with Crippen molar-refractivity contribution < 1.29 is 19.5 Å². The van der Waals surface area contributed by atoms with Gasteiger partial charge in [-0.25, -0.2) is 10.0 Å². The molecule has 0 aromatic carbocycles. The number of hydrogen-bond acceptors (Lipinski definition) is 5. The van der Waals surface area contributed by atoms with Crippen LogP contribution >= 0.6 is 0 Å². The molecule has 106 valence electrons. The fourth-order valence-electron chi connectivity index (χ4n) is 1.69. The maximum atomic E-state index is 11.7. The SMILES string of the molecule is C=C1CON(C(=O)CCNC(=O)c2ncccc2O)C1. The number of carbonyl (C=O) groups is 2. The molecule has 0 radical (unpaired) electrons. The highest BCUT2D eigenvalue weighted by Gasteiger charge is 2.21. The predicted molar refractivity (Wildman–Crippen MR) is 69.7 cm³/mol. The molecule has 0 aliphatic carbocycles. The number of nitrogens with zero attached hydrogens (tertiary/aromatic N) is 2. The zero-order valence-corrected chi connectivity index (χ0v) is 10.8. The molecule has 0 bridgehead atoms. The normalized spacial score (nSPS) is 14.4. The molecular formula is C13H15N3O4. The minimum Gasteiger partial charge on any atom is -0.505 e. The molecule has 0 spiro atoms. The summed E-state index contributed by atoms with van der Waals surface area (Å²) in [4.78, 5) is 32.3. The van der Waals surface area contributed by atoms with Gasteiger partial charge in [0.1, 0.15) is 5.75 Å². The number of amides is 2. The molecule has 1 aromatic heterocycles. The molecule has 0 saturated carbocycles. The second kappa shape index (κ2) is 6.16. The molecule has 2 rings (SSSR count). The number of hydroxylamine groups is 2. The Morgan fingerprint density at radius 3 is 3.00 bits per heavy atom. The molecule has 1 aliphatic rings. The molecule has 2 heterocycles. The lowest BCUT2D eigenvalue weighted by Crippen LogP contribution is -2.32. The Labute approximate surface area is 115 Å². The molecular weight excluding hydrogens is 262 g/mol. The summed E-state index contributed by atoms with van der Waals surface area (Å²) in [6, 6.07) is 2.89. The number of hydrogen-bond donors (Lipinski definition) is 2. The van der Waals surface area contributed by atoms with Gasteiger partial charge in [0.25, 0.3) is 5.91 Å². The van der Waals surface area contributed by atoms with E-state index in [9.17, 15) is 14.7 Å². The van der Waals surface area contributed by atoms with Gasteiger partial charge >= 0.3 is 0 Å². The number of aromatic hydroxyl groups is 1. The summed E-state index contributed by atoms with van der Waals surface area (Å²) in [5.74, 6) is -0.952. The second-order valence-corrected chi connectivity index (χ2v) is 4.33. The van der Waals surface area contributed by atoms with E-state index in [1.165, 1.54) is 23.4 Å². The van der Waals surface area contributed by atoms with Crippen LogP contribution in [0.3, 0.4) is 0 Å². The monoisotopic (exact) mass is 277 g/mol. The maximum Gasteiger partial charge on any atom is 0.273 e. The van der Waals surface area contributed by atoms with Crippen LogP contribution in [0.25, 0.3) is 0 Å². The van der Waals surface area contributed by atoms with Gasteiger partial charge in [0, 0.05) is 19.2 Å². The van der Waals surface area contributed by atoms with E-state index in [-0.39, 0.29) is 30.3 Å². The number of carbonyl (C=O) groups excluding carboxylic acids is 2. The Bertz CT molecular complexity index is 544. The Morgan fingerprint density at radius 1 is 1.55 bits per heavy atom. The average molecular weight is 277 g/mol. The topological polar surface area (TPSA) is 91.8 Å². The lowest BCUT2D eigenvalue weighted by Gasteiger charge is -2.13. The first-order valence-electron chi connectivity index (χ1n) is 6.10. The fourth-order valence-corrected chi connectivity index (χ4v) is 1.69. The molecule has 7 heteroatoms. The first-order chi connectivity index (χ1) is 9.58. The fraction of sp³-hybridized carbons (Fsp3) is 0.308. The molecule has 7 nitrogen and oxygen atoms in total. The van der Waals surface area contributed by atoms with Crippen molar-refractivity contribution in [1.29, 1.82) is 0 Å². The lowest BCUT2D eigenvalue weighted by atomic mass is 10.3. The van der Waals surface area contributed by atoms with Gasteiger partial charge in [0.15, 0.2) is 5.69 Å². The van der Waals surface area contributed by atoms with Gasteiger partial charge in [-0.1, -0.05) is 6.58 Å². The highest BCUT2D eigenvalue weighted by molar-refractivity contribution is 5.94. The van der Waals surface area contributed by atoms with Gasteiger partial charge in [0.2, 0.25) is 5.91 Å². The van der Waals surface area contributed by atoms with Crippen LogP contribution in [0.15, 0.2) is 30.5 Å². The first-order valence-corrected chi connectivity index (χ1v) is 6.10. The van der Waals surface area contributed by atoms with E-state index in [0.717, 1.165) is 5.57 Å². The van der Waals surface area contributed by atoms with E-state index < -0.39 is 5.91 Å². The van der Waals surface area contributed by atoms with Gasteiger partial charge in [-0.05, 0) is 17.7 Å². The molecule has 0 unspecified atom stereocenters. The van der Waals surface area contributed by atoms with Crippen LogP contribution in [0, 0.1) is 0 Å². The molecule has 1 aromatic rings. The van der Waals surface area contributed by atoms with Crippen LogP contribution in [0.5, 0.6) is 5.75 Å². The van der Waals surface area contributed by atoms with Crippen molar-refractivity contribution >= 4 is 11.8 Å². The Kier molecular flexibility index (Phi) is 4.31. The van der Waals surface area contributed by atoms with Gasteiger partial charge < -0.3 is 10.4 Å². The van der Waals surface area contributed by atoms with Crippen molar-refractivity contribution in [3.8, 4) is 5.75 Å². The number of nitrogens with one attached hydrogen (secondary N) is 1. The molecule has 1 fully saturated rings. The molecule has 20 heavy (non-hydrogen) atoms. The Morgan fingerprint density at radius 2 is 2.35 bits per heavy atom. The molecule has 1 aliphatic heterocycles. The average Bonchev–Trinajstić information content (AvgIpc) is 2.85. The van der Waals surface area contributed by atoms with E-state index in [1.807, 2.05) is 0 Å². The number of aromatic nitrogens is 1. The van der Waals surface area contributed by atoms with Crippen LogP contribution < -0.4 is 5.32 Å². The van der Waals surface area contributed by atoms with Crippen molar-refractivity contribution in [3.63, 3.8) is 0 Å². The molecule has 0 atom stereocenters. The zero-order valence-electron chi connectivity index (χ0n) is 10.8. The van der Waals surface area contributed by atoms with E-state index in [4.69, 9.17) is 4.84 Å². The van der Waals surface area contributed by atoms with Crippen LogP contribution in [-0.4, -0.2) is 46.7 Å². The second-order valence-electron chi connectivity index (χ2n) is 4.33. The Balaban J connectivity index is 1.78. The third-order valence-corrected chi connectivity index (χ3v) is 2.70. The predicted octanol–water partition coefficient (Wildman–Crippen LogP) is 0.237. The molecule has 1 saturated heterocycles. The summed E-state index contributed by atoms with van der Waals surface area (Å²) in [6.45, 7) is 4.59. The Hall–Kier alpha value is -2.41. The van der Waals surface area contributed by atoms with Crippen molar-refractivity contribution in [2.45, 2.75) is 6.42 Å². The third kappa shape index (κ3) is 3.33. The zero-order chi connectivity index (χ0) is 14.5. The lowest BCUT2D eigenvalue weighted by molar-refractivity contribution is -0.168. The highest BCUT2D eigenvalue weighted by atomic mass is 16.7. The summed E-state index contributed by atoms with van der Waals surface area (Å²) in [5.41, 5.74) is 0.770. The smallest absolute Gasteiger partial charge is 0.273 e. The summed E-state index contributed by atoms with van der Waals surface area (Å²) < 4.78 is 0. The van der Waals surface area contributed by atoms with Gasteiger partial charge in [0.05, 0.1) is 13.2 Å². The summed E-state index contributed by atoms with van der Waals surface area (Å²) in [5, 5.41) is 13.2. The van der Waals surface area contributed by atoms with E-state index in [0.29, 0.717) is 13.2 Å². The standard InChI is InChI=1S/C13H15N3O4/c1-9-7-16(20-8-9)11(18)4-6-15-13(19)12-10(17)3-2-5-14-12/h2-3,5,17H,1,4,6-8H2,(H,15,19). The van der Waals surface area contributed by atoms with Gasteiger partial charge in [-0.15, -0.1) is 0 Å². The van der Waals surface area contributed by atoms with Crippen molar-refractivity contribution in [3.05, 3.63) is 36.2 Å². The first kappa shape index (κ1) is 14.0. The summed E-state index contributed by atoms with van der Waals surface area (Å²) in [6.07, 6.45) is 1.51. The number of rotatable bonds is 4.